The van der Waals surface area contributed by atoms with Crippen LogP contribution in [0.5, 0.6) is 0 Å². The molecule has 0 aliphatic carbocycles. The van der Waals surface area contributed by atoms with Crippen molar-refractivity contribution in [2.75, 3.05) is 37.7 Å². The third kappa shape index (κ3) is 9.99. The van der Waals surface area contributed by atoms with Gasteiger partial charge in [0, 0.05) is 18.8 Å². The quantitative estimate of drug-likeness (QED) is 0.195. The average molecular weight is 367 g/mol. The van der Waals surface area contributed by atoms with E-state index in [1.165, 1.54) is 0 Å². The first kappa shape index (κ1) is 22.1. The molecule has 2 atom stereocenters. The normalized spacial score (nSPS) is 13.3. The van der Waals surface area contributed by atoms with Crippen molar-refractivity contribution in [1.29, 1.82) is 0 Å². The van der Waals surface area contributed by atoms with Gasteiger partial charge in [-0.25, -0.2) is 0 Å². The number of nitrogens with zero attached hydrogens (tertiary/aromatic N) is 1. The summed E-state index contributed by atoms with van der Waals surface area (Å²) in [6.45, 7) is -1.56. The van der Waals surface area contributed by atoms with Crippen LogP contribution < -0.4 is 11.1 Å². The Morgan fingerprint density at radius 3 is 2.04 bits per heavy atom. The summed E-state index contributed by atoms with van der Waals surface area (Å²) < 4.78 is 0. The number of carboxylic acid groups (broad SMARTS) is 3. The Hall–Kier alpha value is -1.89. The van der Waals surface area contributed by atoms with E-state index in [9.17, 15) is 24.3 Å². The monoisotopic (exact) mass is 367 g/mol. The van der Waals surface area contributed by atoms with Crippen LogP contribution in [0, 0.1) is 0 Å². The summed E-state index contributed by atoms with van der Waals surface area (Å²) in [6, 6.07) is -1.37. The SMILES string of the molecule is NCC(O)CNC(=O)CSCC(C(=O)O)N(CC(=O)O)CC(=O)O. The number of nitrogens with two attached hydrogens (primary N) is 1. The number of carbonyl (C=O) groups excluding carboxylic acids is 1. The number of rotatable bonds is 13. The van der Waals surface area contributed by atoms with E-state index in [2.05, 4.69) is 5.32 Å². The zero-order valence-corrected chi connectivity index (χ0v) is 13.6. The van der Waals surface area contributed by atoms with E-state index in [0.29, 0.717) is 0 Å². The van der Waals surface area contributed by atoms with Crippen LogP contribution in [0.15, 0.2) is 0 Å². The smallest absolute Gasteiger partial charge is 0.321 e. The predicted molar refractivity (Wildman–Crippen MR) is 83.7 cm³/mol. The number of aliphatic hydroxyl groups is 1. The molecule has 138 valence electrons. The first-order chi connectivity index (χ1) is 11.2. The third-order valence-electron chi connectivity index (χ3n) is 2.72. The Morgan fingerprint density at radius 2 is 1.62 bits per heavy atom. The Labute approximate surface area is 141 Å². The van der Waals surface area contributed by atoms with E-state index < -0.39 is 49.1 Å². The molecule has 0 spiro atoms. The lowest BCUT2D eigenvalue weighted by Gasteiger charge is -2.25. The maximum absolute atomic E-state index is 11.5. The lowest BCUT2D eigenvalue weighted by Crippen LogP contribution is -2.48. The molecule has 0 fully saturated rings. The molecule has 0 aromatic heterocycles. The van der Waals surface area contributed by atoms with Gasteiger partial charge in [-0.3, -0.25) is 24.1 Å². The molecular formula is C12H21N3O8S. The highest BCUT2D eigenvalue weighted by atomic mass is 32.2. The van der Waals surface area contributed by atoms with Crippen LogP contribution in [0.3, 0.4) is 0 Å². The van der Waals surface area contributed by atoms with Crippen LogP contribution in [0.4, 0.5) is 0 Å². The van der Waals surface area contributed by atoms with Crippen LogP contribution in [0.2, 0.25) is 0 Å². The number of thioether (sulfide) groups is 1. The maximum atomic E-state index is 11.5. The molecule has 0 radical (unpaired) electrons. The Balaban J connectivity index is 4.54. The van der Waals surface area contributed by atoms with E-state index in [1.807, 2.05) is 0 Å². The Bertz CT molecular complexity index is 446. The standard InChI is InChI=1S/C12H21N3O8S/c13-1-7(16)2-14-9(17)6-24-5-8(12(22)23)15(3-10(18)19)4-11(20)21/h7-8,16H,1-6,13H2,(H,14,17)(H,18,19)(H,20,21)(H,22,23). The summed E-state index contributed by atoms with van der Waals surface area (Å²) in [4.78, 5) is 45.0. The minimum Gasteiger partial charge on any atom is -0.480 e. The van der Waals surface area contributed by atoms with E-state index in [0.717, 1.165) is 16.7 Å². The number of nitrogens with one attached hydrogen (secondary N) is 1. The lowest BCUT2D eigenvalue weighted by atomic mass is 10.2. The molecule has 24 heavy (non-hydrogen) atoms. The average Bonchev–Trinajstić information content (AvgIpc) is 2.47. The van der Waals surface area contributed by atoms with E-state index in [1.54, 1.807) is 0 Å². The molecule has 0 saturated heterocycles. The number of aliphatic hydroxyl groups excluding tert-OH is 1. The van der Waals surface area contributed by atoms with Crippen molar-refractivity contribution in [2.45, 2.75) is 12.1 Å². The van der Waals surface area contributed by atoms with Crippen molar-refractivity contribution in [3.05, 3.63) is 0 Å². The first-order valence-corrected chi connectivity index (χ1v) is 7.95. The van der Waals surface area contributed by atoms with Crippen molar-refractivity contribution in [2.24, 2.45) is 5.73 Å². The fourth-order valence-corrected chi connectivity index (χ4v) is 2.57. The zero-order valence-electron chi connectivity index (χ0n) is 12.8. The van der Waals surface area contributed by atoms with Gasteiger partial charge in [0.05, 0.1) is 24.9 Å². The molecule has 7 N–H and O–H groups in total. The van der Waals surface area contributed by atoms with Gasteiger partial charge in [0.2, 0.25) is 5.91 Å². The summed E-state index contributed by atoms with van der Waals surface area (Å²) in [6.07, 6.45) is -0.882. The molecule has 0 bridgehead atoms. The van der Waals surface area contributed by atoms with Crippen LogP contribution in [-0.2, 0) is 19.2 Å². The van der Waals surface area contributed by atoms with E-state index >= 15 is 0 Å². The molecule has 0 aromatic rings. The van der Waals surface area contributed by atoms with Crippen molar-refractivity contribution < 1.29 is 39.6 Å². The van der Waals surface area contributed by atoms with Crippen molar-refractivity contribution in [1.82, 2.24) is 10.2 Å². The number of aliphatic carboxylic acids is 3. The fraction of sp³-hybridized carbons (Fsp3) is 0.667. The van der Waals surface area contributed by atoms with Crippen LogP contribution in [0.1, 0.15) is 0 Å². The van der Waals surface area contributed by atoms with Crippen LogP contribution in [-0.4, -0.2) is 99.0 Å². The predicted octanol–water partition coefficient (Wildman–Crippen LogP) is -2.92. The largest absolute Gasteiger partial charge is 0.480 e. The maximum Gasteiger partial charge on any atom is 0.321 e. The summed E-state index contributed by atoms with van der Waals surface area (Å²) in [5.41, 5.74) is 5.17. The lowest BCUT2D eigenvalue weighted by molar-refractivity contribution is -0.148. The third-order valence-corrected chi connectivity index (χ3v) is 3.74. The van der Waals surface area contributed by atoms with Crippen molar-refractivity contribution >= 4 is 35.6 Å². The molecule has 11 nitrogen and oxygen atoms in total. The first-order valence-electron chi connectivity index (χ1n) is 6.80. The Morgan fingerprint density at radius 1 is 1.08 bits per heavy atom. The topological polar surface area (TPSA) is 190 Å². The van der Waals surface area contributed by atoms with Crippen molar-refractivity contribution in [3.8, 4) is 0 Å². The molecule has 0 aromatic carbocycles. The summed E-state index contributed by atoms with van der Waals surface area (Å²) in [5, 5.41) is 38.2. The second kappa shape index (κ2) is 11.6. The highest BCUT2D eigenvalue weighted by Crippen LogP contribution is 2.10. The highest BCUT2D eigenvalue weighted by molar-refractivity contribution is 8.00. The van der Waals surface area contributed by atoms with Crippen LogP contribution >= 0.6 is 11.8 Å². The fourth-order valence-electron chi connectivity index (χ4n) is 1.59. The number of carboxylic acids is 3. The second-order valence-electron chi connectivity index (χ2n) is 4.76. The van der Waals surface area contributed by atoms with Gasteiger partial charge >= 0.3 is 17.9 Å². The molecule has 0 aliphatic heterocycles. The molecular weight excluding hydrogens is 346 g/mol. The molecule has 0 aliphatic rings. The van der Waals surface area contributed by atoms with Gasteiger partial charge in [0.1, 0.15) is 6.04 Å². The Kier molecular flexibility index (Phi) is 10.7. The number of carbonyl (C=O) groups is 4. The molecule has 0 saturated carbocycles. The van der Waals surface area contributed by atoms with Gasteiger partial charge in [0.25, 0.3) is 0 Å². The minimum absolute atomic E-state index is 0.0200. The molecule has 12 heteroatoms. The number of amides is 1. The van der Waals surface area contributed by atoms with Gasteiger partial charge in [-0.1, -0.05) is 0 Å². The minimum atomic E-state index is -1.39. The molecule has 2 unspecified atom stereocenters. The molecule has 0 heterocycles. The number of hydrogen-bond donors (Lipinski definition) is 6. The van der Waals surface area contributed by atoms with Crippen molar-refractivity contribution in [3.63, 3.8) is 0 Å². The van der Waals surface area contributed by atoms with Gasteiger partial charge in [-0.2, -0.15) is 0 Å². The van der Waals surface area contributed by atoms with Gasteiger partial charge in [0.15, 0.2) is 0 Å². The van der Waals surface area contributed by atoms with Gasteiger partial charge in [-0.05, 0) is 0 Å². The number of hydrogen-bond acceptors (Lipinski definition) is 8. The molecule has 1 amide bonds. The van der Waals surface area contributed by atoms with E-state index in [-0.39, 0.29) is 24.6 Å². The highest BCUT2D eigenvalue weighted by Gasteiger charge is 2.29. The summed E-state index contributed by atoms with van der Waals surface area (Å²) >= 11 is 0.906. The second-order valence-corrected chi connectivity index (χ2v) is 5.79. The zero-order chi connectivity index (χ0) is 18.7. The van der Waals surface area contributed by atoms with Gasteiger partial charge < -0.3 is 31.5 Å². The van der Waals surface area contributed by atoms with E-state index in [4.69, 9.17) is 21.1 Å². The van der Waals surface area contributed by atoms with Gasteiger partial charge in [-0.15, -0.1) is 11.8 Å². The molecule has 0 rings (SSSR count). The van der Waals surface area contributed by atoms with Crippen LogP contribution in [0.25, 0.3) is 0 Å². The summed E-state index contributed by atoms with van der Waals surface area (Å²) in [7, 11) is 0. The summed E-state index contributed by atoms with van der Waals surface area (Å²) in [5.74, 6) is -4.87.